The van der Waals surface area contributed by atoms with Crippen LogP contribution in [-0.4, -0.2) is 23.1 Å². The molecule has 0 saturated heterocycles. The average Bonchev–Trinajstić information content (AvgIpc) is 2.51. The summed E-state index contributed by atoms with van der Waals surface area (Å²) in [6.45, 7) is 0. The van der Waals surface area contributed by atoms with Crippen molar-refractivity contribution in [1.82, 2.24) is 0 Å². The van der Waals surface area contributed by atoms with Crippen LogP contribution in [-0.2, 0) is 0 Å². The van der Waals surface area contributed by atoms with Crippen molar-refractivity contribution in [3.8, 4) is 0 Å². The standard InChI is InChI=1S/C17H24F6O/c18-16(19,20)15(24,17(21,22)23)14-9-10-5-1-2-6-11(10)12-7-3-4-8-13(12)14/h10-14,24H,1-9H2. The summed E-state index contributed by atoms with van der Waals surface area (Å²) in [4.78, 5) is 0. The van der Waals surface area contributed by atoms with Crippen LogP contribution in [0.4, 0.5) is 26.3 Å². The summed E-state index contributed by atoms with van der Waals surface area (Å²) in [5, 5.41) is 9.99. The summed E-state index contributed by atoms with van der Waals surface area (Å²) in [5.74, 6) is -2.40. The van der Waals surface area contributed by atoms with Gasteiger partial charge in [0.25, 0.3) is 5.60 Å². The minimum absolute atomic E-state index is 0.0981. The molecule has 0 spiro atoms. The van der Waals surface area contributed by atoms with Crippen molar-refractivity contribution < 1.29 is 31.4 Å². The second-order valence-corrected chi connectivity index (χ2v) is 7.92. The Bertz CT molecular complexity index is 443. The smallest absolute Gasteiger partial charge is 0.373 e. The predicted octanol–water partition coefficient (Wildman–Crippen LogP) is 5.47. The Morgan fingerprint density at radius 2 is 1.08 bits per heavy atom. The molecule has 0 heterocycles. The van der Waals surface area contributed by atoms with Gasteiger partial charge in [0, 0.05) is 5.92 Å². The van der Waals surface area contributed by atoms with Gasteiger partial charge in [-0.3, -0.25) is 0 Å². The molecule has 0 aromatic heterocycles. The van der Waals surface area contributed by atoms with Crippen LogP contribution in [0.25, 0.3) is 0 Å². The van der Waals surface area contributed by atoms with Crippen LogP contribution in [0.3, 0.4) is 0 Å². The molecular weight excluding hydrogens is 334 g/mol. The molecule has 140 valence electrons. The summed E-state index contributed by atoms with van der Waals surface area (Å²) in [6.07, 6.45) is -5.47. The van der Waals surface area contributed by atoms with Gasteiger partial charge in [0.1, 0.15) is 0 Å². The fourth-order valence-corrected chi connectivity index (χ4v) is 5.87. The second-order valence-electron chi connectivity index (χ2n) is 7.92. The zero-order valence-corrected chi connectivity index (χ0v) is 13.5. The highest BCUT2D eigenvalue weighted by atomic mass is 19.4. The lowest BCUT2D eigenvalue weighted by atomic mass is 9.51. The lowest BCUT2D eigenvalue weighted by molar-refractivity contribution is -0.395. The van der Waals surface area contributed by atoms with Gasteiger partial charge in [-0.25, -0.2) is 0 Å². The third-order valence-electron chi connectivity index (χ3n) is 6.87. The van der Waals surface area contributed by atoms with Gasteiger partial charge in [-0.05, 0) is 49.4 Å². The highest BCUT2D eigenvalue weighted by Crippen LogP contribution is 2.61. The fraction of sp³-hybridized carbons (Fsp3) is 1.00. The van der Waals surface area contributed by atoms with Gasteiger partial charge < -0.3 is 5.11 Å². The first-order valence-corrected chi connectivity index (χ1v) is 8.93. The molecule has 7 heteroatoms. The summed E-state index contributed by atoms with van der Waals surface area (Å²) in [7, 11) is 0. The van der Waals surface area contributed by atoms with E-state index >= 15 is 0 Å². The first-order valence-electron chi connectivity index (χ1n) is 8.93. The molecule has 3 aliphatic rings. The van der Waals surface area contributed by atoms with E-state index in [0.29, 0.717) is 25.7 Å². The normalized spacial score (nSPS) is 38.4. The van der Waals surface area contributed by atoms with Crippen molar-refractivity contribution in [3.05, 3.63) is 0 Å². The fourth-order valence-electron chi connectivity index (χ4n) is 5.87. The molecule has 5 atom stereocenters. The van der Waals surface area contributed by atoms with Crippen LogP contribution in [0.1, 0.15) is 57.8 Å². The molecule has 24 heavy (non-hydrogen) atoms. The SMILES string of the molecule is OC(C1CC2CCCCC2C2CCCCC21)(C(F)(F)F)C(F)(F)F. The lowest BCUT2D eigenvalue weighted by Gasteiger charge is -2.55. The largest absolute Gasteiger partial charge is 0.426 e. The first kappa shape index (κ1) is 18.3. The molecule has 0 radical (unpaired) electrons. The van der Waals surface area contributed by atoms with Gasteiger partial charge in [0.15, 0.2) is 0 Å². The maximum atomic E-state index is 13.4. The molecule has 1 nitrogen and oxygen atoms in total. The molecule has 1 N–H and O–H groups in total. The number of rotatable bonds is 1. The molecule has 3 fully saturated rings. The number of alkyl halides is 6. The van der Waals surface area contributed by atoms with Gasteiger partial charge in [0.2, 0.25) is 0 Å². The van der Waals surface area contributed by atoms with E-state index in [4.69, 9.17) is 0 Å². The summed E-state index contributed by atoms with van der Waals surface area (Å²) in [5.41, 5.74) is -4.58. The zero-order chi connectivity index (χ0) is 17.8. The van der Waals surface area contributed by atoms with Crippen molar-refractivity contribution in [2.45, 2.75) is 75.7 Å². The minimum atomic E-state index is -5.70. The van der Waals surface area contributed by atoms with Crippen molar-refractivity contribution in [2.24, 2.45) is 29.6 Å². The molecule has 3 saturated carbocycles. The van der Waals surface area contributed by atoms with Gasteiger partial charge in [-0.1, -0.05) is 32.1 Å². The van der Waals surface area contributed by atoms with Crippen LogP contribution in [0.2, 0.25) is 0 Å². The van der Waals surface area contributed by atoms with Gasteiger partial charge >= 0.3 is 12.4 Å². The number of hydrogen-bond donors (Lipinski definition) is 1. The molecule has 5 unspecified atom stereocenters. The van der Waals surface area contributed by atoms with E-state index < -0.39 is 29.8 Å². The Morgan fingerprint density at radius 3 is 1.62 bits per heavy atom. The summed E-state index contributed by atoms with van der Waals surface area (Å²) < 4.78 is 80.4. The number of fused-ring (bicyclic) bond motifs is 3. The Labute approximate surface area is 137 Å². The topological polar surface area (TPSA) is 20.2 Å². The number of hydrogen-bond acceptors (Lipinski definition) is 1. The Hall–Kier alpha value is -0.460. The molecule has 0 bridgehead atoms. The van der Waals surface area contributed by atoms with Crippen molar-refractivity contribution in [1.29, 1.82) is 0 Å². The van der Waals surface area contributed by atoms with Crippen LogP contribution in [0.5, 0.6) is 0 Å². The molecular formula is C17H24F6O. The molecule has 3 rings (SSSR count). The third-order valence-corrected chi connectivity index (χ3v) is 6.87. The zero-order valence-electron chi connectivity index (χ0n) is 13.5. The molecule has 0 aromatic rings. The monoisotopic (exact) mass is 358 g/mol. The van der Waals surface area contributed by atoms with Crippen LogP contribution in [0.15, 0.2) is 0 Å². The van der Waals surface area contributed by atoms with E-state index in [1.807, 2.05) is 0 Å². The van der Waals surface area contributed by atoms with Gasteiger partial charge in [-0.15, -0.1) is 0 Å². The highest BCUT2D eigenvalue weighted by Gasteiger charge is 2.75. The first-order chi connectivity index (χ1) is 11.1. The summed E-state index contributed by atoms with van der Waals surface area (Å²) in [6, 6.07) is 0. The van der Waals surface area contributed by atoms with Gasteiger partial charge in [0.05, 0.1) is 0 Å². The lowest BCUT2D eigenvalue weighted by Crippen LogP contribution is -2.66. The number of aliphatic hydroxyl groups is 1. The van der Waals surface area contributed by atoms with Gasteiger partial charge in [-0.2, -0.15) is 26.3 Å². The van der Waals surface area contributed by atoms with E-state index in [1.54, 1.807) is 0 Å². The highest BCUT2D eigenvalue weighted by molar-refractivity contribution is 5.07. The summed E-state index contributed by atoms with van der Waals surface area (Å²) >= 11 is 0. The average molecular weight is 358 g/mol. The maximum absolute atomic E-state index is 13.4. The Balaban J connectivity index is 2.00. The Morgan fingerprint density at radius 1 is 0.625 bits per heavy atom. The van der Waals surface area contributed by atoms with E-state index in [9.17, 15) is 31.4 Å². The second kappa shape index (κ2) is 6.06. The van der Waals surface area contributed by atoms with E-state index in [2.05, 4.69) is 0 Å². The number of halogens is 6. The van der Waals surface area contributed by atoms with E-state index in [-0.39, 0.29) is 24.2 Å². The Kier molecular flexibility index (Phi) is 4.63. The van der Waals surface area contributed by atoms with E-state index in [0.717, 1.165) is 25.7 Å². The van der Waals surface area contributed by atoms with Crippen molar-refractivity contribution >= 4 is 0 Å². The quantitative estimate of drug-likeness (QED) is 0.616. The predicted molar refractivity (Wildman–Crippen MR) is 76.1 cm³/mol. The molecule has 0 amide bonds. The van der Waals surface area contributed by atoms with Crippen molar-refractivity contribution in [2.75, 3.05) is 0 Å². The maximum Gasteiger partial charge on any atom is 0.426 e. The van der Waals surface area contributed by atoms with E-state index in [1.165, 1.54) is 0 Å². The minimum Gasteiger partial charge on any atom is -0.373 e. The third kappa shape index (κ3) is 2.74. The molecule has 0 aliphatic heterocycles. The molecule has 3 aliphatic carbocycles. The van der Waals surface area contributed by atoms with Crippen LogP contribution in [0, 0.1) is 29.6 Å². The molecule has 0 aromatic carbocycles. The van der Waals surface area contributed by atoms with Crippen LogP contribution >= 0.6 is 0 Å². The van der Waals surface area contributed by atoms with Crippen LogP contribution < -0.4 is 0 Å². The van der Waals surface area contributed by atoms with Crippen molar-refractivity contribution in [3.63, 3.8) is 0 Å².